The first-order valence-electron chi connectivity index (χ1n) is 8.13. The minimum absolute atomic E-state index is 0.465. The molecule has 0 aliphatic rings. The standard InChI is InChI=1S/C23H18O/c1-4-11-19(12-5-1)23(22-17-10-18-24-22,20-13-6-2-7-14-20)21-15-8-3-9-16-21/h1-18H. The summed E-state index contributed by atoms with van der Waals surface area (Å²) < 4.78 is 5.96. The minimum atomic E-state index is -0.465. The van der Waals surface area contributed by atoms with Crippen LogP contribution in [0.5, 0.6) is 0 Å². The average Bonchev–Trinajstić information content (AvgIpc) is 3.20. The highest BCUT2D eigenvalue weighted by atomic mass is 16.3. The van der Waals surface area contributed by atoms with Crippen LogP contribution in [0.25, 0.3) is 0 Å². The molecule has 1 heteroatoms. The van der Waals surface area contributed by atoms with Crippen LogP contribution in [-0.4, -0.2) is 0 Å². The largest absolute Gasteiger partial charge is 0.468 e. The van der Waals surface area contributed by atoms with E-state index in [-0.39, 0.29) is 0 Å². The summed E-state index contributed by atoms with van der Waals surface area (Å²) >= 11 is 0. The Morgan fingerprint density at radius 3 is 1.21 bits per heavy atom. The number of furan rings is 1. The minimum Gasteiger partial charge on any atom is -0.468 e. The first-order chi connectivity index (χ1) is 11.9. The Kier molecular flexibility index (Phi) is 3.76. The highest BCUT2D eigenvalue weighted by molar-refractivity contribution is 5.57. The lowest BCUT2D eigenvalue weighted by Crippen LogP contribution is -2.30. The molecule has 1 aromatic heterocycles. The Bertz CT molecular complexity index is 782. The first-order valence-corrected chi connectivity index (χ1v) is 8.13. The smallest absolute Gasteiger partial charge is 0.123 e. The van der Waals surface area contributed by atoms with E-state index >= 15 is 0 Å². The van der Waals surface area contributed by atoms with Gasteiger partial charge < -0.3 is 4.42 Å². The molecule has 0 aliphatic heterocycles. The summed E-state index contributed by atoms with van der Waals surface area (Å²) in [7, 11) is 0. The molecule has 0 spiro atoms. The van der Waals surface area contributed by atoms with E-state index in [1.807, 2.05) is 24.3 Å². The third kappa shape index (κ3) is 2.26. The molecule has 4 rings (SSSR count). The monoisotopic (exact) mass is 310 g/mol. The van der Waals surface area contributed by atoms with Crippen molar-refractivity contribution in [3.63, 3.8) is 0 Å². The zero-order valence-electron chi connectivity index (χ0n) is 13.3. The van der Waals surface area contributed by atoms with Gasteiger partial charge in [-0.05, 0) is 28.8 Å². The molecule has 24 heavy (non-hydrogen) atoms. The fourth-order valence-electron chi connectivity index (χ4n) is 3.48. The molecule has 116 valence electrons. The summed E-state index contributed by atoms with van der Waals surface area (Å²) in [6.07, 6.45) is 1.75. The lowest BCUT2D eigenvalue weighted by Gasteiger charge is -2.34. The molecule has 0 saturated carbocycles. The molecule has 0 unspecified atom stereocenters. The topological polar surface area (TPSA) is 13.1 Å². The van der Waals surface area contributed by atoms with E-state index < -0.39 is 5.41 Å². The van der Waals surface area contributed by atoms with Crippen LogP contribution in [0.1, 0.15) is 22.5 Å². The number of rotatable bonds is 4. The molecule has 0 N–H and O–H groups in total. The third-order valence-electron chi connectivity index (χ3n) is 4.51. The predicted molar refractivity (Wildman–Crippen MR) is 97.0 cm³/mol. The van der Waals surface area contributed by atoms with Gasteiger partial charge in [-0.25, -0.2) is 0 Å². The van der Waals surface area contributed by atoms with Gasteiger partial charge in [-0.15, -0.1) is 0 Å². The molecule has 0 radical (unpaired) electrons. The van der Waals surface area contributed by atoms with Crippen LogP contribution < -0.4 is 0 Å². The van der Waals surface area contributed by atoms with E-state index in [9.17, 15) is 0 Å². The highest BCUT2D eigenvalue weighted by Gasteiger charge is 2.40. The first kappa shape index (κ1) is 14.5. The normalized spacial score (nSPS) is 11.3. The van der Waals surface area contributed by atoms with Crippen molar-refractivity contribution in [3.05, 3.63) is 132 Å². The summed E-state index contributed by atoms with van der Waals surface area (Å²) in [4.78, 5) is 0. The van der Waals surface area contributed by atoms with Gasteiger partial charge in [0.1, 0.15) is 11.2 Å². The van der Waals surface area contributed by atoms with Gasteiger partial charge in [-0.2, -0.15) is 0 Å². The number of hydrogen-bond acceptors (Lipinski definition) is 1. The Morgan fingerprint density at radius 2 is 0.875 bits per heavy atom. The molecule has 0 amide bonds. The van der Waals surface area contributed by atoms with Crippen molar-refractivity contribution in [1.82, 2.24) is 0 Å². The van der Waals surface area contributed by atoms with Crippen LogP contribution in [0.3, 0.4) is 0 Å². The van der Waals surface area contributed by atoms with Gasteiger partial charge in [0.2, 0.25) is 0 Å². The summed E-state index contributed by atoms with van der Waals surface area (Å²) in [5.41, 5.74) is 3.11. The SMILES string of the molecule is c1ccc(C(c2ccccc2)(c2ccccc2)c2ccco2)cc1. The molecule has 0 atom stereocenters. The maximum absolute atomic E-state index is 5.96. The van der Waals surface area contributed by atoms with E-state index in [2.05, 4.69) is 78.9 Å². The molecule has 1 heterocycles. The Hall–Kier alpha value is -3.06. The highest BCUT2D eigenvalue weighted by Crippen LogP contribution is 2.44. The van der Waals surface area contributed by atoms with E-state index in [4.69, 9.17) is 4.42 Å². The van der Waals surface area contributed by atoms with Crippen LogP contribution in [-0.2, 0) is 5.41 Å². The van der Waals surface area contributed by atoms with Crippen molar-refractivity contribution in [2.24, 2.45) is 0 Å². The second-order valence-corrected chi connectivity index (χ2v) is 5.83. The predicted octanol–water partition coefficient (Wildman–Crippen LogP) is 5.66. The van der Waals surface area contributed by atoms with E-state index in [1.165, 1.54) is 16.7 Å². The van der Waals surface area contributed by atoms with Gasteiger partial charge in [0.05, 0.1) is 6.26 Å². The van der Waals surface area contributed by atoms with Crippen molar-refractivity contribution in [2.45, 2.75) is 5.41 Å². The average molecular weight is 310 g/mol. The number of benzene rings is 3. The summed E-state index contributed by atoms with van der Waals surface area (Å²) in [5, 5.41) is 0. The van der Waals surface area contributed by atoms with Crippen molar-refractivity contribution in [1.29, 1.82) is 0 Å². The fourth-order valence-corrected chi connectivity index (χ4v) is 3.48. The Balaban J connectivity index is 2.12. The van der Waals surface area contributed by atoms with Gasteiger partial charge in [0.25, 0.3) is 0 Å². The van der Waals surface area contributed by atoms with Gasteiger partial charge in [0, 0.05) is 0 Å². The van der Waals surface area contributed by atoms with Crippen molar-refractivity contribution < 1.29 is 4.42 Å². The second-order valence-electron chi connectivity index (χ2n) is 5.83. The van der Waals surface area contributed by atoms with Gasteiger partial charge in [-0.3, -0.25) is 0 Å². The molecular weight excluding hydrogens is 292 g/mol. The molecule has 3 aromatic carbocycles. The Morgan fingerprint density at radius 1 is 0.458 bits per heavy atom. The Labute approximate surface area is 142 Å². The molecule has 0 fully saturated rings. The van der Waals surface area contributed by atoms with Crippen LogP contribution in [0.15, 0.2) is 114 Å². The second kappa shape index (κ2) is 6.21. The van der Waals surface area contributed by atoms with Crippen LogP contribution in [0.4, 0.5) is 0 Å². The maximum atomic E-state index is 5.96. The summed E-state index contributed by atoms with van der Waals surface area (Å²) in [6.45, 7) is 0. The summed E-state index contributed by atoms with van der Waals surface area (Å²) in [5.74, 6) is 0.922. The zero-order chi connectivity index (χ0) is 16.2. The van der Waals surface area contributed by atoms with E-state index in [0.717, 1.165) is 5.76 Å². The third-order valence-corrected chi connectivity index (χ3v) is 4.51. The lowest BCUT2D eigenvalue weighted by atomic mass is 9.68. The van der Waals surface area contributed by atoms with Crippen LogP contribution >= 0.6 is 0 Å². The lowest BCUT2D eigenvalue weighted by molar-refractivity contribution is 0.462. The van der Waals surface area contributed by atoms with Crippen LogP contribution in [0.2, 0.25) is 0 Å². The van der Waals surface area contributed by atoms with Crippen molar-refractivity contribution >= 4 is 0 Å². The quantitative estimate of drug-likeness (QED) is 0.443. The molecule has 0 aliphatic carbocycles. The molecule has 1 nitrogen and oxygen atoms in total. The molecular formula is C23H18O. The fraction of sp³-hybridized carbons (Fsp3) is 0.0435. The van der Waals surface area contributed by atoms with Gasteiger partial charge in [-0.1, -0.05) is 91.0 Å². The zero-order valence-corrected chi connectivity index (χ0v) is 13.3. The molecule has 0 bridgehead atoms. The van der Waals surface area contributed by atoms with Crippen LogP contribution in [0, 0.1) is 0 Å². The van der Waals surface area contributed by atoms with Gasteiger partial charge in [0.15, 0.2) is 0 Å². The van der Waals surface area contributed by atoms with E-state index in [1.54, 1.807) is 6.26 Å². The van der Waals surface area contributed by atoms with Crippen molar-refractivity contribution in [3.8, 4) is 0 Å². The summed E-state index contributed by atoms with van der Waals surface area (Å²) in [6, 6.07) is 35.7. The number of hydrogen-bond donors (Lipinski definition) is 0. The maximum Gasteiger partial charge on any atom is 0.123 e. The van der Waals surface area contributed by atoms with E-state index in [0.29, 0.717) is 0 Å². The van der Waals surface area contributed by atoms with Gasteiger partial charge >= 0.3 is 0 Å². The molecule has 0 saturated heterocycles. The molecule has 4 aromatic rings. The van der Waals surface area contributed by atoms with Crippen molar-refractivity contribution in [2.75, 3.05) is 0 Å².